The van der Waals surface area contributed by atoms with E-state index >= 15 is 0 Å². The molecule has 0 aromatic carbocycles. The zero-order chi connectivity index (χ0) is 22.5. The fourth-order valence-corrected chi connectivity index (χ4v) is 3.43. The molecule has 2 aromatic heterocycles. The van der Waals surface area contributed by atoms with Gasteiger partial charge in [-0.2, -0.15) is 13.2 Å². The van der Waals surface area contributed by atoms with Crippen LogP contribution in [0.4, 0.5) is 23.5 Å². The zero-order valence-corrected chi connectivity index (χ0v) is 16.2. The van der Waals surface area contributed by atoms with Crippen molar-refractivity contribution in [3.8, 4) is 0 Å². The fourth-order valence-electron chi connectivity index (χ4n) is 3.43. The van der Waals surface area contributed by atoms with Gasteiger partial charge in [0.2, 0.25) is 5.95 Å². The van der Waals surface area contributed by atoms with Crippen molar-refractivity contribution in [2.45, 2.75) is 24.7 Å². The molecule has 10 nitrogen and oxygen atoms in total. The van der Waals surface area contributed by atoms with Crippen LogP contribution in [0.15, 0.2) is 25.0 Å². The molecule has 4 heterocycles. The topological polar surface area (TPSA) is 115 Å². The van der Waals surface area contributed by atoms with E-state index < -0.39 is 18.0 Å². The third-order valence-corrected chi connectivity index (χ3v) is 4.70. The van der Waals surface area contributed by atoms with Gasteiger partial charge in [0.15, 0.2) is 5.82 Å². The molecule has 14 heteroatoms. The Morgan fingerprint density at radius 1 is 1.26 bits per heavy atom. The lowest BCUT2D eigenvalue weighted by molar-refractivity contribution is -0.192. The van der Waals surface area contributed by atoms with Crippen LogP contribution >= 0.6 is 0 Å². The summed E-state index contributed by atoms with van der Waals surface area (Å²) in [6.45, 7) is 3.90. The van der Waals surface area contributed by atoms with Crippen LogP contribution in [0, 0.1) is 11.7 Å². The maximum Gasteiger partial charge on any atom is 0.490 e. The van der Waals surface area contributed by atoms with E-state index in [1.807, 2.05) is 9.47 Å². The van der Waals surface area contributed by atoms with Crippen LogP contribution in [0.5, 0.6) is 0 Å². The van der Waals surface area contributed by atoms with Crippen molar-refractivity contribution in [3.05, 3.63) is 30.9 Å². The SMILES string of the molecule is Fc1cnc(N2CCOCC3(CC(Cn4cnnc4)CO3)C2)nc1.O=C(O)C(F)(F)F. The van der Waals surface area contributed by atoms with Gasteiger partial charge < -0.3 is 24.0 Å². The highest BCUT2D eigenvalue weighted by atomic mass is 19.4. The first kappa shape index (κ1) is 22.8. The normalized spacial score (nSPS) is 23.9. The van der Waals surface area contributed by atoms with Crippen molar-refractivity contribution in [3.63, 3.8) is 0 Å². The molecule has 0 saturated carbocycles. The van der Waals surface area contributed by atoms with Gasteiger partial charge in [0, 0.05) is 19.0 Å². The quantitative estimate of drug-likeness (QED) is 0.691. The van der Waals surface area contributed by atoms with Crippen LogP contribution in [0.25, 0.3) is 0 Å². The number of carboxylic acids is 1. The Hall–Kier alpha value is -2.87. The molecule has 0 amide bonds. The molecule has 31 heavy (non-hydrogen) atoms. The second-order valence-electron chi connectivity index (χ2n) is 7.20. The monoisotopic (exact) mass is 448 g/mol. The number of ether oxygens (including phenoxy) is 2. The molecule has 0 bridgehead atoms. The molecule has 0 radical (unpaired) electrons. The van der Waals surface area contributed by atoms with Gasteiger partial charge in [-0.15, -0.1) is 10.2 Å². The molecule has 1 spiro atoms. The maximum atomic E-state index is 13.1. The largest absolute Gasteiger partial charge is 0.490 e. The number of alkyl halides is 3. The summed E-state index contributed by atoms with van der Waals surface area (Å²) in [6.07, 6.45) is 1.60. The standard InChI is InChI=1S/C15H19FN6O2.C2HF3O2/c16-13-4-17-14(18-5-13)22-1-2-23-9-15(8-22)3-12(7-24-15)6-21-10-19-20-11-21;3-2(4,5)1(6)7/h4-5,10-12H,1-3,6-9H2;(H,6,7). The number of hydrogen-bond acceptors (Lipinski definition) is 8. The Balaban J connectivity index is 0.000000339. The van der Waals surface area contributed by atoms with Crippen molar-refractivity contribution in [2.75, 3.05) is 37.8 Å². The van der Waals surface area contributed by atoms with Crippen molar-refractivity contribution >= 4 is 11.9 Å². The van der Waals surface area contributed by atoms with Gasteiger partial charge in [0.25, 0.3) is 0 Å². The molecule has 2 aromatic rings. The van der Waals surface area contributed by atoms with E-state index in [0.29, 0.717) is 44.8 Å². The van der Waals surface area contributed by atoms with Crippen molar-refractivity contribution in [2.24, 2.45) is 5.92 Å². The van der Waals surface area contributed by atoms with E-state index in [2.05, 4.69) is 20.2 Å². The van der Waals surface area contributed by atoms with Crippen LogP contribution in [0.3, 0.4) is 0 Å². The number of carboxylic acid groups (broad SMARTS) is 1. The summed E-state index contributed by atoms with van der Waals surface area (Å²) < 4.78 is 58.7. The summed E-state index contributed by atoms with van der Waals surface area (Å²) in [5.41, 5.74) is -0.382. The fraction of sp³-hybridized carbons (Fsp3) is 0.588. The summed E-state index contributed by atoms with van der Waals surface area (Å²) in [6, 6.07) is 0. The van der Waals surface area contributed by atoms with E-state index in [1.165, 1.54) is 12.4 Å². The Morgan fingerprint density at radius 2 is 1.90 bits per heavy atom. The lowest BCUT2D eigenvalue weighted by Crippen LogP contribution is -2.44. The predicted molar refractivity (Wildman–Crippen MR) is 95.5 cm³/mol. The minimum atomic E-state index is -5.08. The number of rotatable bonds is 3. The lowest BCUT2D eigenvalue weighted by atomic mass is 9.94. The molecule has 2 fully saturated rings. The Morgan fingerprint density at radius 3 is 2.52 bits per heavy atom. The van der Waals surface area contributed by atoms with E-state index in [1.54, 1.807) is 12.7 Å². The highest BCUT2D eigenvalue weighted by Crippen LogP contribution is 2.34. The van der Waals surface area contributed by atoms with E-state index in [9.17, 15) is 17.6 Å². The van der Waals surface area contributed by atoms with Gasteiger partial charge in [0.05, 0.1) is 38.8 Å². The third kappa shape index (κ3) is 6.30. The minimum Gasteiger partial charge on any atom is -0.475 e. The van der Waals surface area contributed by atoms with Crippen molar-refractivity contribution in [1.82, 2.24) is 24.7 Å². The van der Waals surface area contributed by atoms with E-state index in [-0.39, 0.29) is 5.60 Å². The average Bonchev–Trinajstić information content (AvgIpc) is 3.30. The summed E-state index contributed by atoms with van der Waals surface area (Å²) in [4.78, 5) is 19.1. The Kier molecular flexibility index (Phi) is 7.00. The summed E-state index contributed by atoms with van der Waals surface area (Å²) >= 11 is 0. The number of aliphatic carboxylic acids is 1. The van der Waals surface area contributed by atoms with Crippen molar-refractivity contribution in [1.29, 1.82) is 0 Å². The second kappa shape index (κ2) is 9.51. The number of aromatic nitrogens is 5. The molecule has 1 N–H and O–H groups in total. The van der Waals surface area contributed by atoms with Crippen molar-refractivity contribution < 1.29 is 36.9 Å². The summed E-state index contributed by atoms with van der Waals surface area (Å²) in [5, 5.41) is 14.8. The van der Waals surface area contributed by atoms with E-state index in [4.69, 9.17) is 19.4 Å². The molecule has 2 atom stereocenters. The van der Waals surface area contributed by atoms with E-state index in [0.717, 1.165) is 13.0 Å². The van der Waals surface area contributed by atoms with Gasteiger partial charge >= 0.3 is 12.1 Å². The number of nitrogens with zero attached hydrogens (tertiary/aromatic N) is 6. The number of anilines is 1. The molecule has 2 saturated heterocycles. The lowest BCUT2D eigenvalue weighted by Gasteiger charge is -2.31. The molecule has 2 aliphatic heterocycles. The highest BCUT2D eigenvalue weighted by molar-refractivity contribution is 5.73. The molecular formula is C17H20F4N6O4. The summed E-state index contributed by atoms with van der Waals surface area (Å²) in [5.74, 6) is -2.32. The second-order valence-corrected chi connectivity index (χ2v) is 7.20. The Labute approximate surface area is 173 Å². The predicted octanol–water partition coefficient (Wildman–Crippen LogP) is 1.15. The van der Waals surface area contributed by atoms with Crippen LogP contribution in [0.2, 0.25) is 0 Å². The first-order chi connectivity index (χ1) is 14.7. The van der Waals surface area contributed by atoms with Gasteiger partial charge in [0.1, 0.15) is 18.3 Å². The number of hydrogen-bond donors (Lipinski definition) is 1. The average molecular weight is 448 g/mol. The number of carbonyl (C=O) groups is 1. The molecule has 170 valence electrons. The van der Waals surface area contributed by atoms with Gasteiger partial charge in [-0.1, -0.05) is 0 Å². The number of halogens is 4. The van der Waals surface area contributed by atoms with Crippen LogP contribution in [-0.4, -0.2) is 80.5 Å². The van der Waals surface area contributed by atoms with Crippen LogP contribution in [-0.2, 0) is 20.8 Å². The van der Waals surface area contributed by atoms with Gasteiger partial charge in [-0.05, 0) is 6.42 Å². The first-order valence-electron chi connectivity index (χ1n) is 9.24. The third-order valence-electron chi connectivity index (χ3n) is 4.70. The smallest absolute Gasteiger partial charge is 0.475 e. The minimum absolute atomic E-state index is 0.374. The van der Waals surface area contributed by atoms with Crippen LogP contribution in [0.1, 0.15) is 6.42 Å². The molecule has 2 unspecified atom stereocenters. The molecule has 4 rings (SSSR count). The van der Waals surface area contributed by atoms with Gasteiger partial charge in [-0.3, -0.25) is 0 Å². The zero-order valence-electron chi connectivity index (χ0n) is 16.2. The van der Waals surface area contributed by atoms with Gasteiger partial charge in [-0.25, -0.2) is 19.2 Å². The summed E-state index contributed by atoms with van der Waals surface area (Å²) in [7, 11) is 0. The highest BCUT2D eigenvalue weighted by Gasteiger charge is 2.44. The molecule has 2 aliphatic rings. The molecule has 0 aliphatic carbocycles. The molecular weight excluding hydrogens is 428 g/mol. The van der Waals surface area contributed by atoms with Crippen LogP contribution < -0.4 is 4.90 Å². The Bertz CT molecular complexity index is 851. The maximum absolute atomic E-state index is 13.1. The first-order valence-corrected chi connectivity index (χ1v) is 9.24.